The van der Waals surface area contributed by atoms with E-state index in [1.165, 1.54) is 22.3 Å². The summed E-state index contributed by atoms with van der Waals surface area (Å²) in [5.41, 5.74) is 13.1. The summed E-state index contributed by atoms with van der Waals surface area (Å²) in [7, 11) is 0. The average molecular weight is 703 g/mol. The number of hydrogen-bond acceptors (Lipinski definition) is 3. The minimum absolute atomic E-state index is 0.572. The molecule has 0 atom stereocenters. The minimum Gasteiger partial charge on any atom is -0.278 e. The second-order valence-electron chi connectivity index (χ2n) is 13.6. The summed E-state index contributed by atoms with van der Waals surface area (Å²) in [4.78, 5) is 15.8. The van der Waals surface area contributed by atoms with Gasteiger partial charge in [0.15, 0.2) is 11.6 Å². The molecule has 0 aliphatic heterocycles. The van der Waals surface area contributed by atoms with Gasteiger partial charge >= 0.3 is 0 Å². The molecule has 2 aromatic heterocycles. The molecule has 0 fully saturated rings. The Labute approximate surface area is 319 Å². The summed E-state index contributed by atoms with van der Waals surface area (Å²) in [6.45, 7) is 0. The van der Waals surface area contributed by atoms with Crippen molar-refractivity contribution in [2.75, 3.05) is 0 Å². The zero-order valence-corrected chi connectivity index (χ0v) is 29.9. The van der Waals surface area contributed by atoms with Crippen LogP contribution in [0.15, 0.2) is 206 Å². The van der Waals surface area contributed by atoms with Gasteiger partial charge in [-0.05, 0) is 68.8 Å². The highest BCUT2D eigenvalue weighted by Crippen LogP contribution is 2.37. The quantitative estimate of drug-likeness (QED) is 0.166. The van der Waals surface area contributed by atoms with Crippen molar-refractivity contribution in [1.82, 2.24) is 19.5 Å². The van der Waals surface area contributed by atoms with Crippen molar-refractivity contribution in [3.63, 3.8) is 0 Å². The van der Waals surface area contributed by atoms with Crippen LogP contribution in [0.25, 0.3) is 95.0 Å². The first kappa shape index (κ1) is 32.2. The van der Waals surface area contributed by atoms with Crippen LogP contribution in [0.4, 0.5) is 0 Å². The van der Waals surface area contributed by atoms with E-state index in [4.69, 9.17) is 15.0 Å². The number of fused-ring (bicyclic) bond motifs is 3. The first-order valence-electron chi connectivity index (χ1n) is 18.5. The summed E-state index contributed by atoms with van der Waals surface area (Å²) < 4.78 is 2.17. The molecular weight excluding hydrogens is 669 g/mol. The van der Waals surface area contributed by atoms with Crippen molar-refractivity contribution in [2.24, 2.45) is 0 Å². The maximum absolute atomic E-state index is 5.26. The molecule has 2 heterocycles. The van der Waals surface area contributed by atoms with Crippen LogP contribution in [0.2, 0.25) is 0 Å². The summed E-state index contributed by atoms with van der Waals surface area (Å²) in [6, 6.07) is 72.2. The molecule has 0 saturated carbocycles. The number of para-hydroxylation sites is 2. The van der Waals surface area contributed by atoms with Crippen LogP contribution in [0, 0.1) is 0 Å². The summed E-state index contributed by atoms with van der Waals surface area (Å²) in [5, 5.41) is 2.31. The smallest absolute Gasteiger partial charge is 0.238 e. The van der Waals surface area contributed by atoms with Gasteiger partial charge in [0.25, 0.3) is 0 Å². The maximum Gasteiger partial charge on any atom is 0.238 e. The summed E-state index contributed by atoms with van der Waals surface area (Å²) in [6.07, 6.45) is 0. The highest BCUT2D eigenvalue weighted by molar-refractivity contribution is 6.09. The zero-order chi connectivity index (χ0) is 36.6. The maximum atomic E-state index is 5.26. The zero-order valence-electron chi connectivity index (χ0n) is 29.9. The Bertz CT molecular complexity index is 2780. The number of hydrogen-bond donors (Lipinski definition) is 0. The molecule has 10 rings (SSSR count). The van der Waals surface area contributed by atoms with E-state index in [-0.39, 0.29) is 0 Å². The Morgan fingerprint density at radius 3 is 1.07 bits per heavy atom. The standard InChI is InChI=1S/C51H34N4/c1-3-17-35(18-4-1)41-25-7-9-27-43(41)37-21-15-23-39(33-37)49-52-50(54-51(53-49)55-47-31-13-11-29-45(47)46-30-12-14-32-48(46)55)40-24-16-22-38(34-40)44-28-10-8-26-42(44)36-19-5-2-6-20-36/h1-34H. The topological polar surface area (TPSA) is 43.6 Å². The van der Waals surface area contributed by atoms with E-state index >= 15 is 0 Å². The van der Waals surface area contributed by atoms with E-state index < -0.39 is 0 Å². The molecule has 0 saturated heterocycles. The van der Waals surface area contributed by atoms with Crippen LogP contribution in [-0.2, 0) is 0 Å². The third-order valence-electron chi connectivity index (χ3n) is 10.3. The van der Waals surface area contributed by atoms with Crippen LogP contribution in [0.5, 0.6) is 0 Å². The third kappa shape index (κ3) is 5.96. The number of aromatic nitrogens is 4. The van der Waals surface area contributed by atoms with E-state index in [1.54, 1.807) is 0 Å². The van der Waals surface area contributed by atoms with Gasteiger partial charge in [0.05, 0.1) is 11.0 Å². The molecule has 258 valence electrons. The molecule has 8 aromatic carbocycles. The van der Waals surface area contributed by atoms with Crippen molar-refractivity contribution in [3.8, 4) is 73.2 Å². The van der Waals surface area contributed by atoms with Gasteiger partial charge in [-0.1, -0.05) is 182 Å². The first-order valence-corrected chi connectivity index (χ1v) is 18.5. The molecule has 0 unspecified atom stereocenters. The lowest BCUT2D eigenvalue weighted by Crippen LogP contribution is -2.06. The fourth-order valence-corrected chi connectivity index (χ4v) is 7.72. The monoisotopic (exact) mass is 702 g/mol. The van der Waals surface area contributed by atoms with E-state index in [0.29, 0.717) is 17.6 Å². The van der Waals surface area contributed by atoms with Crippen molar-refractivity contribution in [2.45, 2.75) is 0 Å². The van der Waals surface area contributed by atoms with E-state index in [2.05, 4.69) is 211 Å². The Kier molecular flexibility index (Phi) is 8.12. The lowest BCUT2D eigenvalue weighted by molar-refractivity contribution is 0.953. The predicted octanol–water partition coefficient (Wildman–Crippen LogP) is 13.0. The molecule has 55 heavy (non-hydrogen) atoms. The number of rotatable bonds is 7. The molecule has 4 heteroatoms. The van der Waals surface area contributed by atoms with Gasteiger partial charge in [-0.15, -0.1) is 0 Å². The van der Waals surface area contributed by atoms with Crippen molar-refractivity contribution in [1.29, 1.82) is 0 Å². The molecule has 0 amide bonds. The molecule has 0 radical (unpaired) electrons. The van der Waals surface area contributed by atoms with Crippen molar-refractivity contribution >= 4 is 21.8 Å². The normalized spacial score (nSPS) is 11.3. The van der Waals surface area contributed by atoms with Gasteiger partial charge < -0.3 is 0 Å². The van der Waals surface area contributed by atoms with Crippen molar-refractivity contribution in [3.05, 3.63) is 206 Å². The Hall–Kier alpha value is -7.43. The highest BCUT2D eigenvalue weighted by atomic mass is 15.2. The second kappa shape index (κ2) is 13.8. The largest absolute Gasteiger partial charge is 0.278 e. The van der Waals surface area contributed by atoms with Gasteiger partial charge in [-0.25, -0.2) is 4.98 Å². The molecule has 0 aliphatic rings. The van der Waals surface area contributed by atoms with E-state index in [9.17, 15) is 0 Å². The summed E-state index contributed by atoms with van der Waals surface area (Å²) in [5.74, 6) is 1.79. The predicted molar refractivity (Wildman–Crippen MR) is 227 cm³/mol. The van der Waals surface area contributed by atoms with Crippen LogP contribution >= 0.6 is 0 Å². The first-order chi connectivity index (χ1) is 27.3. The fourth-order valence-electron chi connectivity index (χ4n) is 7.72. The highest BCUT2D eigenvalue weighted by Gasteiger charge is 2.19. The fraction of sp³-hybridized carbons (Fsp3) is 0. The Morgan fingerprint density at radius 1 is 0.273 bits per heavy atom. The Balaban J connectivity index is 1.17. The van der Waals surface area contributed by atoms with Gasteiger partial charge in [0.2, 0.25) is 5.95 Å². The van der Waals surface area contributed by atoms with Gasteiger partial charge in [0, 0.05) is 21.9 Å². The molecule has 0 N–H and O–H groups in total. The molecule has 0 bridgehead atoms. The molecule has 0 spiro atoms. The van der Waals surface area contributed by atoms with E-state index in [1.807, 2.05) is 0 Å². The van der Waals surface area contributed by atoms with Crippen LogP contribution < -0.4 is 0 Å². The van der Waals surface area contributed by atoms with Crippen LogP contribution in [0.1, 0.15) is 0 Å². The van der Waals surface area contributed by atoms with Gasteiger partial charge in [-0.2, -0.15) is 9.97 Å². The number of nitrogens with zero attached hydrogens (tertiary/aromatic N) is 4. The van der Waals surface area contributed by atoms with Gasteiger partial charge in [-0.3, -0.25) is 4.57 Å². The lowest BCUT2D eigenvalue weighted by atomic mass is 9.93. The third-order valence-corrected chi connectivity index (χ3v) is 10.3. The average Bonchev–Trinajstić information content (AvgIpc) is 3.61. The van der Waals surface area contributed by atoms with Crippen molar-refractivity contribution < 1.29 is 0 Å². The number of benzene rings is 8. The lowest BCUT2D eigenvalue weighted by Gasteiger charge is -2.14. The Morgan fingerprint density at radius 2 is 0.618 bits per heavy atom. The van der Waals surface area contributed by atoms with Gasteiger partial charge in [0.1, 0.15) is 0 Å². The van der Waals surface area contributed by atoms with Crippen LogP contribution in [0.3, 0.4) is 0 Å². The SMILES string of the molecule is c1ccc(-c2ccccc2-c2cccc(-c3nc(-c4cccc(-c5ccccc5-c5ccccc5)c4)nc(-n4c5ccccc5c5ccccc54)n3)c2)cc1. The molecule has 4 nitrogen and oxygen atoms in total. The molecule has 0 aliphatic carbocycles. The summed E-state index contributed by atoms with van der Waals surface area (Å²) >= 11 is 0. The minimum atomic E-state index is 0.572. The molecular formula is C51H34N4. The second-order valence-corrected chi connectivity index (χ2v) is 13.6. The van der Waals surface area contributed by atoms with Crippen LogP contribution in [-0.4, -0.2) is 19.5 Å². The van der Waals surface area contributed by atoms with E-state index in [0.717, 1.165) is 55.2 Å². The molecule has 10 aromatic rings.